The Bertz CT molecular complexity index is 529. The minimum atomic E-state index is -0.117. The van der Waals surface area contributed by atoms with Crippen LogP contribution >= 0.6 is 23.2 Å². The first-order valence-electron chi connectivity index (χ1n) is 6.10. The third-order valence-corrected chi connectivity index (χ3v) is 3.91. The molecule has 0 N–H and O–H groups in total. The van der Waals surface area contributed by atoms with Crippen LogP contribution in [0.1, 0.15) is 34.6 Å². The second kappa shape index (κ2) is 5.77. The number of hydrogen-bond acceptors (Lipinski definition) is 0. The molecule has 0 fully saturated rings. The maximum absolute atomic E-state index is 6.54. The summed E-state index contributed by atoms with van der Waals surface area (Å²) < 4.78 is 0. The lowest BCUT2D eigenvalue weighted by Gasteiger charge is -2.14. The van der Waals surface area contributed by atoms with Crippen molar-refractivity contribution in [1.29, 1.82) is 0 Å². The number of hydrogen-bond donors (Lipinski definition) is 0. The topological polar surface area (TPSA) is 0 Å². The molecule has 1 unspecified atom stereocenters. The van der Waals surface area contributed by atoms with Gasteiger partial charge in [0.25, 0.3) is 0 Å². The van der Waals surface area contributed by atoms with E-state index in [9.17, 15) is 0 Å². The molecule has 0 aromatic heterocycles. The van der Waals surface area contributed by atoms with Gasteiger partial charge in [-0.25, -0.2) is 0 Å². The van der Waals surface area contributed by atoms with Crippen LogP contribution in [-0.2, 0) is 6.42 Å². The Morgan fingerprint density at radius 1 is 1.06 bits per heavy atom. The van der Waals surface area contributed by atoms with Gasteiger partial charge in [0.05, 0.1) is 5.38 Å². The van der Waals surface area contributed by atoms with E-state index in [2.05, 4.69) is 31.2 Å². The van der Waals surface area contributed by atoms with Crippen LogP contribution in [0.25, 0.3) is 0 Å². The molecule has 0 spiro atoms. The Morgan fingerprint density at radius 3 is 2.28 bits per heavy atom. The molecular weight excluding hydrogens is 263 g/mol. The molecule has 2 rings (SSSR count). The van der Waals surface area contributed by atoms with Gasteiger partial charge in [-0.05, 0) is 47.7 Å². The van der Waals surface area contributed by atoms with Gasteiger partial charge < -0.3 is 0 Å². The monoisotopic (exact) mass is 278 g/mol. The average Bonchev–Trinajstić information content (AvgIpc) is 2.38. The maximum Gasteiger partial charge on any atom is 0.0838 e. The molecule has 1 atom stereocenters. The predicted octanol–water partition coefficient (Wildman–Crippen LogP) is 5.54. The highest BCUT2D eigenvalue weighted by Gasteiger charge is 2.13. The van der Waals surface area contributed by atoms with Crippen LogP contribution in [0.2, 0.25) is 5.02 Å². The minimum Gasteiger partial charge on any atom is -0.113 e. The number of rotatable bonds is 3. The lowest BCUT2D eigenvalue weighted by Crippen LogP contribution is -1.96. The summed E-state index contributed by atoms with van der Waals surface area (Å²) in [5.41, 5.74) is 4.70. The lowest BCUT2D eigenvalue weighted by molar-refractivity contribution is 1.09. The van der Waals surface area contributed by atoms with Crippen molar-refractivity contribution < 1.29 is 0 Å². The fraction of sp³-hybridized carbons (Fsp3) is 0.250. The number of aryl methyl sites for hydroxylation is 2. The highest BCUT2D eigenvalue weighted by Crippen LogP contribution is 2.32. The summed E-state index contributed by atoms with van der Waals surface area (Å²) in [5, 5.41) is 0.634. The standard InChI is InChI=1S/C16H16Cl2/c1-3-12-4-6-13(7-5-12)16(18)15-9-8-14(17)10-11(15)2/h4-10,16H,3H2,1-2H3. The van der Waals surface area contributed by atoms with E-state index in [4.69, 9.17) is 23.2 Å². The summed E-state index contributed by atoms with van der Waals surface area (Å²) in [4.78, 5) is 0. The van der Waals surface area contributed by atoms with E-state index in [1.54, 1.807) is 0 Å². The SMILES string of the molecule is CCc1ccc(C(Cl)c2ccc(Cl)cc2C)cc1. The average molecular weight is 279 g/mol. The van der Waals surface area contributed by atoms with Crippen LogP contribution in [0.4, 0.5) is 0 Å². The molecule has 18 heavy (non-hydrogen) atoms. The summed E-state index contributed by atoms with van der Waals surface area (Å²) in [6.07, 6.45) is 1.05. The molecule has 0 saturated heterocycles. The smallest absolute Gasteiger partial charge is 0.0838 e. The van der Waals surface area contributed by atoms with E-state index >= 15 is 0 Å². The first kappa shape index (κ1) is 13.5. The van der Waals surface area contributed by atoms with Crippen LogP contribution < -0.4 is 0 Å². The molecule has 2 heteroatoms. The van der Waals surface area contributed by atoms with Crippen molar-refractivity contribution in [2.45, 2.75) is 25.6 Å². The van der Waals surface area contributed by atoms with Crippen molar-refractivity contribution >= 4 is 23.2 Å². The van der Waals surface area contributed by atoms with Crippen molar-refractivity contribution in [2.24, 2.45) is 0 Å². The number of alkyl halides is 1. The molecule has 0 aliphatic rings. The van der Waals surface area contributed by atoms with Gasteiger partial charge in [-0.15, -0.1) is 11.6 Å². The van der Waals surface area contributed by atoms with Gasteiger partial charge in [-0.3, -0.25) is 0 Å². The zero-order chi connectivity index (χ0) is 13.1. The second-order valence-electron chi connectivity index (χ2n) is 4.46. The summed E-state index contributed by atoms with van der Waals surface area (Å²) in [6.45, 7) is 4.19. The van der Waals surface area contributed by atoms with E-state index < -0.39 is 0 Å². The molecular formula is C16H16Cl2. The third-order valence-electron chi connectivity index (χ3n) is 3.19. The molecule has 0 nitrogen and oxygen atoms in total. The Hall–Kier alpha value is -0.980. The van der Waals surface area contributed by atoms with Crippen LogP contribution in [-0.4, -0.2) is 0 Å². The fourth-order valence-electron chi connectivity index (χ4n) is 2.03. The minimum absolute atomic E-state index is 0.117. The van der Waals surface area contributed by atoms with Gasteiger partial charge in [0, 0.05) is 5.02 Å². The van der Waals surface area contributed by atoms with Crippen molar-refractivity contribution in [3.8, 4) is 0 Å². The van der Waals surface area contributed by atoms with Crippen LogP contribution in [0.15, 0.2) is 42.5 Å². The molecule has 0 amide bonds. The first-order valence-corrected chi connectivity index (χ1v) is 6.92. The largest absolute Gasteiger partial charge is 0.113 e. The summed E-state index contributed by atoms with van der Waals surface area (Å²) in [5.74, 6) is 0. The Labute approximate surface area is 119 Å². The molecule has 0 bridgehead atoms. The molecule has 0 heterocycles. The van der Waals surface area contributed by atoms with Crippen molar-refractivity contribution in [3.63, 3.8) is 0 Å². The van der Waals surface area contributed by atoms with Gasteiger partial charge in [-0.2, -0.15) is 0 Å². The molecule has 0 radical (unpaired) electrons. The van der Waals surface area contributed by atoms with Crippen LogP contribution in [0.3, 0.4) is 0 Å². The van der Waals surface area contributed by atoms with Crippen molar-refractivity contribution in [2.75, 3.05) is 0 Å². The van der Waals surface area contributed by atoms with Crippen LogP contribution in [0, 0.1) is 6.92 Å². The first-order chi connectivity index (χ1) is 8.61. The van der Waals surface area contributed by atoms with Gasteiger partial charge in [0.2, 0.25) is 0 Å². The number of halogens is 2. The molecule has 0 saturated carbocycles. The zero-order valence-corrected chi connectivity index (χ0v) is 12.1. The van der Waals surface area contributed by atoms with Crippen LogP contribution in [0.5, 0.6) is 0 Å². The van der Waals surface area contributed by atoms with E-state index in [-0.39, 0.29) is 5.38 Å². The molecule has 0 aliphatic heterocycles. The van der Waals surface area contributed by atoms with Gasteiger partial charge in [0.15, 0.2) is 0 Å². The van der Waals surface area contributed by atoms with Gasteiger partial charge >= 0.3 is 0 Å². The summed E-state index contributed by atoms with van der Waals surface area (Å²) in [7, 11) is 0. The Morgan fingerprint density at radius 2 is 1.72 bits per heavy atom. The van der Waals surface area contributed by atoms with E-state index in [0.29, 0.717) is 0 Å². The normalized spacial score (nSPS) is 12.4. The molecule has 2 aromatic carbocycles. The van der Waals surface area contributed by atoms with Gasteiger partial charge in [-0.1, -0.05) is 48.9 Å². The van der Waals surface area contributed by atoms with E-state index in [1.165, 1.54) is 5.56 Å². The fourth-order valence-corrected chi connectivity index (χ4v) is 2.64. The molecule has 2 aromatic rings. The summed E-state index contributed by atoms with van der Waals surface area (Å²) in [6, 6.07) is 14.3. The van der Waals surface area contributed by atoms with Crippen molar-refractivity contribution in [1.82, 2.24) is 0 Å². The highest BCUT2D eigenvalue weighted by molar-refractivity contribution is 6.30. The predicted molar refractivity (Wildman–Crippen MR) is 79.7 cm³/mol. The Balaban J connectivity index is 2.31. The van der Waals surface area contributed by atoms with Crippen molar-refractivity contribution in [3.05, 3.63) is 69.7 Å². The third kappa shape index (κ3) is 2.88. The van der Waals surface area contributed by atoms with Gasteiger partial charge in [0.1, 0.15) is 0 Å². The highest BCUT2D eigenvalue weighted by atomic mass is 35.5. The zero-order valence-electron chi connectivity index (χ0n) is 10.6. The number of benzene rings is 2. The molecule has 94 valence electrons. The Kier molecular flexibility index (Phi) is 4.31. The maximum atomic E-state index is 6.54. The quantitative estimate of drug-likeness (QED) is 0.647. The molecule has 0 aliphatic carbocycles. The summed E-state index contributed by atoms with van der Waals surface area (Å²) >= 11 is 12.5. The second-order valence-corrected chi connectivity index (χ2v) is 5.33. The van der Waals surface area contributed by atoms with E-state index in [1.807, 2.05) is 25.1 Å². The van der Waals surface area contributed by atoms with E-state index in [0.717, 1.165) is 28.1 Å². The lowest BCUT2D eigenvalue weighted by atomic mass is 9.99.